The van der Waals surface area contributed by atoms with Gasteiger partial charge in [0.15, 0.2) is 0 Å². The molecule has 0 aliphatic heterocycles. The number of hydrogen-bond donors (Lipinski definition) is 2. The molecule has 0 fully saturated rings. The lowest BCUT2D eigenvalue weighted by Gasteiger charge is -2.13. The fraction of sp³-hybridized carbons (Fsp3) is 0.154. The summed E-state index contributed by atoms with van der Waals surface area (Å²) in [6, 6.07) is 9.67. The second-order valence-corrected chi connectivity index (χ2v) is 6.44. The van der Waals surface area contributed by atoms with Crippen LogP contribution in [0.15, 0.2) is 45.9 Å². The van der Waals surface area contributed by atoms with Crippen LogP contribution >= 0.6 is 39.3 Å². The minimum Gasteiger partial charge on any atom is -0.383 e. The maximum Gasteiger partial charge on any atom is 0.128 e. The molecule has 0 aliphatic carbocycles. The van der Waals surface area contributed by atoms with Gasteiger partial charge in [-0.15, -0.1) is 11.8 Å². The van der Waals surface area contributed by atoms with Gasteiger partial charge in [-0.2, -0.15) is 0 Å². The first-order valence-electron chi connectivity index (χ1n) is 5.61. The van der Waals surface area contributed by atoms with E-state index in [0.29, 0.717) is 16.6 Å². The minimum absolute atomic E-state index is 0.195. The lowest BCUT2D eigenvalue weighted by molar-refractivity contribution is 0.828. The third-order valence-electron chi connectivity index (χ3n) is 2.56. The van der Waals surface area contributed by atoms with E-state index in [2.05, 4.69) is 20.9 Å². The molecule has 0 aliphatic rings. The lowest BCUT2D eigenvalue weighted by Crippen LogP contribution is -2.15. The molecule has 1 aromatic carbocycles. The van der Waals surface area contributed by atoms with E-state index in [1.165, 1.54) is 6.20 Å². The monoisotopic (exact) mass is 357 g/mol. The zero-order valence-corrected chi connectivity index (χ0v) is 13.2. The quantitative estimate of drug-likeness (QED) is 0.814. The zero-order chi connectivity index (χ0) is 13.8. The van der Waals surface area contributed by atoms with Gasteiger partial charge in [-0.1, -0.05) is 27.5 Å². The van der Waals surface area contributed by atoms with Gasteiger partial charge in [0.25, 0.3) is 0 Å². The van der Waals surface area contributed by atoms with E-state index in [4.69, 9.17) is 23.1 Å². The Morgan fingerprint density at radius 2 is 2.00 bits per heavy atom. The second-order valence-electron chi connectivity index (χ2n) is 4.00. The SMILES string of the molecule is Nc1ncc(Cl)cc1C(N)CSc1ccc(Br)cc1. The molecule has 1 heterocycles. The van der Waals surface area contributed by atoms with Crippen LogP contribution in [0.25, 0.3) is 0 Å². The number of nitrogen functional groups attached to an aromatic ring is 1. The summed E-state index contributed by atoms with van der Waals surface area (Å²) in [6.07, 6.45) is 1.52. The Morgan fingerprint density at radius 1 is 1.32 bits per heavy atom. The van der Waals surface area contributed by atoms with Crippen LogP contribution in [0.4, 0.5) is 5.82 Å². The molecule has 6 heteroatoms. The largest absolute Gasteiger partial charge is 0.383 e. The van der Waals surface area contributed by atoms with Crippen LogP contribution in [0.2, 0.25) is 5.02 Å². The Hall–Kier alpha value is -0.750. The zero-order valence-electron chi connectivity index (χ0n) is 10.0. The molecule has 100 valence electrons. The Balaban J connectivity index is 2.03. The Bertz CT molecular complexity index is 562. The Labute approximate surface area is 129 Å². The van der Waals surface area contributed by atoms with Crippen molar-refractivity contribution in [2.24, 2.45) is 5.73 Å². The predicted molar refractivity (Wildman–Crippen MR) is 85.5 cm³/mol. The summed E-state index contributed by atoms with van der Waals surface area (Å²) in [5.41, 5.74) is 12.7. The number of benzene rings is 1. The smallest absolute Gasteiger partial charge is 0.128 e. The molecule has 0 spiro atoms. The number of hydrogen-bond acceptors (Lipinski definition) is 4. The standard InChI is InChI=1S/C13H13BrClN3S/c14-8-1-3-10(4-2-8)19-7-12(16)11-5-9(15)6-18-13(11)17/h1-6,12H,7,16H2,(H2,17,18). The molecular formula is C13H13BrClN3S. The Kier molecular flexibility index (Phi) is 5.10. The summed E-state index contributed by atoms with van der Waals surface area (Å²) in [6.45, 7) is 0. The number of nitrogens with two attached hydrogens (primary N) is 2. The molecule has 1 unspecified atom stereocenters. The fourth-order valence-corrected chi connectivity index (χ4v) is 2.88. The van der Waals surface area contributed by atoms with Crippen molar-refractivity contribution in [3.63, 3.8) is 0 Å². The van der Waals surface area contributed by atoms with Gasteiger partial charge in [-0.05, 0) is 30.3 Å². The van der Waals surface area contributed by atoms with Crippen molar-refractivity contribution in [1.29, 1.82) is 0 Å². The number of aromatic nitrogens is 1. The summed E-state index contributed by atoms with van der Waals surface area (Å²) >= 11 is 11.0. The summed E-state index contributed by atoms with van der Waals surface area (Å²) in [7, 11) is 0. The van der Waals surface area contributed by atoms with E-state index >= 15 is 0 Å². The van der Waals surface area contributed by atoms with Gasteiger partial charge < -0.3 is 11.5 Å². The molecule has 2 rings (SSSR count). The molecule has 0 saturated carbocycles. The summed E-state index contributed by atoms with van der Waals surface area (Å²) < 4.78 is 1.06. The Morgan fingerprint density at radius 3 is 2.68 bits per heavy atom. The lowest BCUT2D eigenvalue weighted by atomic mass is 10.1. The molecule has 0 amide bonds. The van der Waals surface area contributed by atoms with Crippen LogP contribution < -0.4 is 11.5 Å². The topological polar surface area (TPSA) is 64.9 Å². The van der Waals surface area contributed by atoms with Gasteiger partial charge in [0, 0.05) is 32.9 Å². The van der Waals surface area contributed by atoms with E-state index in [-0.39, 0.29) is 6.04 Å². The maximum absolute atomic E-state index is 6.13. The van der Waals surface area contributed by atoms with Crippen molar-refractivity contribution in [3.8, 4) is 0 Å². The number of pyridine rings is 1. The van der Waals surface area contributed by atoms with Crippen molar-refractivity contribution in [2.45, 2.75) is 10.9 Å². The first-order valence-corrected chi connectivity index (χ1v) is 7.77. The molecule has 19 heavy (non-hydrogen) atoms. The molecule has 0 radical (unpaired) electrons. The van der Waals surface area contributed by atoms with Gasteiger partial charge in [-0.3, -0.25) is 0 Å². The molecule has 3 nitrogen and oxygen atoms in total. The van der Waals surface area contributed by atoms with Gasteiger partial charge in [0.1, 0.15) is 5.82 Å². The van der Waals surface area contributed by atoms with Crippen molar-refractivity contribution in [3.05, 3.63) is 51.6 Å². The highest BCUT2D eigenvalue weighted by Gasteiger charge is 2.12. The van der Waals surface area contributed by atoms with Crippen molar-refractivity contribution < 1.29 is 0 Å². The van der Waals surface area contributed by atoms with E-state index in [0.717, 1.165) is 14.9 Å². The minimum atomic E-state index is -0.195. The van der Waals surface area contributed by atoms with E-state index in [1.807, 2.05) is 24.3 Å². The molecule has 2 aromatic rings. The molecule has 1 atom stereocenters. The van der Waals surface area contributed by atoms with Crippen LogP contribution in [-0.2, 0) is 0 Å². The van der Waals surface area contributed by atoms with Gasteiger partial charge >= 0.3 is 0 Å². The fourth-order valence-electron chi connectivity index (χ4n) is 1.57. The van der Waals surface area contributed by atoms with E-state index in [1.54, 1.807) is 17.8 Å². The first-order chi connectivity index (χ1) is 9.06. The maximum atomic E-state index is 6.13. The van der Waals surface area contributed by atoms with Gasteiger partial charge in [-0.25, -0.2) is 4.98 Å². The normalized spacial score (nSPS) is 12.4. The number of nitrogens with zero attached hydrogens (tertiary/aromatic N) is 1. The van der Waals surface area contributed by atoms with E-state index in [9.17, 15) is 0 Å². The van der Waals surface area contributed by atoms with Crippen molar-refractivity contribution >= 4 is 45.1 Å². The van der Waals surface area contributed by atoms with Crippen LogP contribution in [0.3, 0.4) is 0 Å². The number of anilines is 1. The molecule has 1 aromatic heterocycles. The number of halogens is 2. The second kappa shape index (κ2) is 6.61. The number of rotatable bonds is 4. The van der Waals surface area contributed by atoms with Crippen LogP contribution in [0, 0.1) is 0 Å². The summed E-state index contributed by atoms with van der Waals surface area (Å²) in [5, 5.41) is 0.549. The molecular weight excluding hydrogens is 346 g/mol. The van der Waals surface area contributed by atoms with Gasteiger partial charge in [0.2, 0.25) is 0 Å². The summed E-state index contributed by atoms with van der Waals surface area (Å²) in [4.78, 5) is 5.18. The third-order valence-corrected chi connectivity index (χ3v) is 4.43. The van der Waals surface area contributed by atoms with Crippen molar-refractivity contribution in [2.75, 3.05) is 11.5 Å². The van der Waals surface area contributed by atoms with Crippen molar-refractivity contribution in [1.82, 2.24) is 4.98 Å². The van der Waals surface area contributed by atoms with Crippen LogP contribution in [-0.4, -0.2) is 10.7 Å². The average molecular weight is 359 g/mol. The van der Waals surface area contributed by atoms with Crippen LogP contribution in [0.5, 0.6) is 0 Å². The van der Waals surface area contributed by atoms with Crippen LogP contribution in [0.1, 0.15) is 11.6 Å². The molecule has 0 bridgehead atoms. The predicted octanol–water partition coefficient (Wildman–Crippen LogP) is 3.87. The molecule has 0 saturated heterocycles. The third kappa shape index (κ3) is 4.11. The number of thioether (sulfide) groups is 1. The first kappa shape index (κ1) is 14.7. The average Bonchev–Trinajstić information content (AvgIpc) is 2.40. The van der Waals surface area contributed by atoms with E-state index < -0.39 is 0 Å². The highest BCUT2D eigenvalue weighted by molar-refractivity contribution is 9.10. The molecule has 4 N–H and O–H groups in total. The van der Waals surface area contributed by atoms with Gasteiger partial charge in [0.05, 0.1) is 5.02 Å². The summed E-state index contributed by atoms with van der Waals surface area (Å²) in [5.74, 6) is 1.15. The highest BCUT2D eigenvalue weighted by Crippen LogP contribution is 2.27. The highest BCUT2D eigenvalue weighted by atomic mass is 79.9.